The molecular formula is C21H31BN2O5. The van der Waals surface area contributed by atoms with E-state index in [9.17, 15) is 9.59 Å². The summed E-state index contributed by atoms with van der Waals surface area (Å²) in [6, 6.07) is 6.97. The summed E-state index contributed by atoms with van der Waals surface area (Å²) in [4.78, 5) is 23.9. The zero-order valence-corrected chi connectivity index (χ0v) is 18.3. The van der Waals surface area contributed by atoms with E-state index in [1.807, 2.05) is 27.7 Å². The molecule has 0 unspecified atom stereocenters. The van der Waals surface area contributed by atoms with Crippen LogP contribution in [0.2, 0.25) is 0 Å². The highest BCUT2D eigenvalue weighted by atomic mass is 16.7. The van der Waals surface area contributed by atoms with Gasteiger partial charge in [0.05, 0.1) is 11.2 Å². The number of primary amides is 1. The Morgan fingerprint density at radius 1 is 1.14 bits per heavy atom. The quantitative estimate of drug-likeness (QED) is 0.736. The lowest BCUT2D eigenvalue weighted by Crippen LogP contribution is -2.41. The minimum Gasteiger partial charge on any atom is -0.444 e. The molecule has 0 bridgehead atoms. The van der Waals surface area contributed by atoms with Crippen molar-refractivity contribution in [2.75, 3.05) is 6.54 Å². The normalized spacial score (nSPS) is 18.4. The summed E-state index contributed by atoms with van der Waals surface area (Å²) in [6.07, 6.45) is 1.21. The predicted octanol–water partition coefficient (Wildman–Crippen LogP) is 3.33. The number of benzene rings is 1. The highest BCUT2D eigenvalue weighted by molar-refractivity contribution is 6.56. The molecule has 1 aliphatic heterocycles. The fourth-order valence-electron chi connectivity index (χ4n) is 2.73. The maximum atomic E-state index is 12.1. The fourth-order valence-corrected chi connectivity index (χ4v) is 2.73. The highest BCUT2D eigenvalue weighted by Gasteiger charge is 2.52. The van der Waals surface area contributed by atoms with Gasteiger partial charge in [0.2, 0.25) is 5.91 Å². The van der Waals surface area contributed by atoms with Gasteiger partial charge < -0.3 is 25.1 Å². The molecular weight excluding hydrogens is 371 g/mol. The smallest absolute Gasteiger partial charge is 0.444 e. The van der Waals surface area contributed by atoms with E-state index in [0.29, 0.717) is 16.6 Å². The van der Waals surface area contributed by atoms with Gasteiger partial charge in [0.1, 0.15) is 5.60 Å². The molecule has 1 aromatic carbocycles. The number of amides is 2. The number of alkyl carbamates (subject to hydrolysis) is 1. The van der Waals surface area contributed by atoms with Crippen LogP contribution >= 0.6 is 0 Å². The average molecular weight is 402 g/mol. The molecule has 29 heavy (non-hydrogen) atoms. The van der Waals surface area contributed by atoms with Crippen molar-refractivity contribution in [2.24, 2.45) is 5.73 Å². The van der Waals surface area contributed by atoms with Crippen molar-refractivity contribution in [3.63, 3.8) is 0 Å². The van der Waals surface area contributed by atoms with Crippen molar-refractivity contribution in [3.8, 4) is 0 Å². The molecule has 0 aromatic heterocycles. The van der Waals surface area contributed by atoms with Crippen molar-refractivity contribution >= 4 is 25.2 Å². The van der Waals surface area contributed by atoms with Crippen molar-refractivity contribution in [1.29, 1.82) is 0 Å². The van der Waals surface area contributed by atoms with E-state index in [-0.39, 0.29) is 6.54 Å². The van der Waals surface area contributed by atoms with Gasteiger partial charge in [-0.25, -0.2) is 4.79 Å². The van der Waals surface area contributed by atoms with Crippen LogP contribution in [0, 0.1) is 0 Å². The van der Waals surface area contributed by atoms with Crippen LogP contribution < -0.4 is 11.1 Å². The van der Waals surface area contributed by atoms with Crippen molar-refractivity contribution in [2.45, 2.75) is 65.3 Å². The van der Waals surface area contributed by atoms with E-state index < -0.39 is 35.9 Å². The lowest BCUT2D eigenvalue weighted by molar-refractivity contribution is 0.00578. The molecule has 0 saturated carbocycles. The minimum atomic E-state index is -0.698. The summed E-state index contributed by atoms with van der Waals surface area (Å²) in [5, 5.41) is 2.73. The van der Waals surface area contributed by atoms with Gasteiger partial charge in [0.25, 0.3) is 0 Å². The molecule has 7 nitrogen and oxygen atoms in total. The Morgan fingerprint density at radius 3 is 2.21 bits per heavy atom. The van der Waals surface area contributed by atoms with Crippen LogP contribution in [0.4, 0.5) is 4.79 Å². The second-order valence-corrected chi connectivity index (χ2v) is 9.11. The molecule has 3 N–H and O–H groups in total. The molecule has 0 spiro atoms. The van der Waals surface area contributed by atoms with Crippen LogP contribution in [0.1, 0.15) is 64.4 Å². The second kappa shape index (κ2) is 8.20. The first-order valence-electron chi connectivity index (χ1n) is 9.64. The van der Waals surface area contributed by atoms with Gasteiger partial charge in [-0.1, -0.05) is 24.3 Å². The van der Waals surface area contributed by atoms with Crippen LogP contribution in [0.5, 0.6) is 0 Å². The third kappa shape index (κ3) is 5.84. The van der Waals surface area contributed by atoms with Gasteiger partial charge in [-0.05, 0) is 65.6 Å². The van der Waals surface area contributed by atoms with E-state index in [1.165, 1.54) is 0 Å². The number of carbonyl (C=O) groups is 2. The minimum absolute atomic E-state index is 0.124. The van der Waals surface area contributed by atoms with Gasteiger partial charge >= 0.3 is 13.2 Å². The molecule has 2 rings (SSSR count). The van der Waals surface area contributed by atoms with E-state index >= 15 is 0 Å². The number of hydrogen-bond donors (Lipinski definition) is 2. The van der Waals surface area contributed by atoms with Gasteiger partial charge in [-0.3, -0.25) is 4.79 Å². The number of ether oxygens (including phenoxy) is 1. The molecule has 1 aromatic rings. The SMILES string of the molecule is CC(C)(C)OC(=O)NCC(=Cc1ccccc1C(N)=O)B1OC(C)(C)C(C)(C)O1. The third-order valence-electron chi connectivity index (χ3n) is 4.96. The van der Waals surface area contributed by atoms with Gasteiger partial charge in [0.15, 0.2) is 0 Å². The van der Waals surface area contributed by atoms with E-state index in [2.05, 4.69) is 5.32 Å². The first-order chi connectivity index (χ1) is 13.2. The fraction of sp³-hybridized carbons (Fsp3) is 0.524. The van der Waals surface area contributed by atoms with Gasteiger partial charge in [-0.2, -0.15) is 0 Å². The summed E-state index contributed by atoms with van der Waals surface area (Å²) in [6.45, 7) is 13.3. The monoisotopic (exact) mass is 402 g/mol. The van der Waals surface area contributed by atoms with Crippen molar-refractivity contribution < 1.29 is 23.6 Å². The second-order valence-electron chi connectivity index (χ2n) is 9.11. The Balaban J connectivity index is 2.34. The summed E-state index contributed by atoms with van der Waals surface area (Å²) >= 11 is 0. The lowest BCUT2D eigenvalue weighted by atomic mass is 9.76. The molecule has 1 heterocycles. The topological polar surface area (TPSA) is 99.9 Å². The molecule has 1 saturated heterocycles. The highest BCUT2D eigenvalue weighted by Crippen LogP contribution is 2.38. The Morgan fingerprint density at radius 2 is 1.69 bits per heavy atom. The van der Waals surface area contributed by atoms with Crippen LogP contribution in [0.3, 0.4) is 0 Å². The summed E-state index contributed by atoms with van der Waals surface area (Å²) in [7, 11) is -0.698. The Labute approximate surface area is 173 Å². The largest absolute Gasteiger partial charge is 0.492 e. The number of nitrogens with one attached hydrogen (secondary N) is 1. The number of nitrogens with two attached hydrogens (primary N) is 1. The van der Waals surface area contributed by atoms with E-state index in [0.717, 1.165) is 0 Å². The Bertz CT molecular complexity index is 796. The summed E-state index contributed by atoms with van der Waals surface area (Å²) in [5.74, 6) is -0.537. The first kappa shape index (κ1) is 23.0. The average Bonchev–Trinajstić information content (AvgIpc) is 2.77. The number of rotatable bonds is 5. The molecule has 0 atom stereocenters. The van der Waals surface area contributed by atoms with Crippen molar-refractivity contribution in [3.05, 3.63) is 40.9 Å². The summed E-state index contributed by atoms with van der Waals surface area (Å²) < 4.78 is 17.6. The zero-order chi connectivity index (χ0) is 22.0. The van der Waals surface area contributed by atoms with Crippen LogP contribution in [0.15, 0.2) is 29.7 Å². The molecule has 2 amide bonds. The van der Waals surface area contributed by atoms with Crippen molar-refractivity contribution in [1.82, 2.24) is 5.32 Å². The lowest BCUT2D eigenvalue weighted by Gasteiger charge is -2.32. The van der Waals surface area contributed by atoms with Crippen LogP contribution in [0.25, 0.3) is 6.08 Å². The molecule has 0 aliphatic carbocycles. The van der Waals surface area contributed by atoms with Gasteiger partial charge in [0, 0.05) is 12.1 Å². The van der Waals surface area contributed by atoms with E-state index in [4.69, 9.17) is 19.8 Å². The standard InChI is InChI=1S/C21H31BN2O5/c1-19(2,3)27-18(26)24-13-15(22-28-20(4,5)21(6,7)29-22)12-14-10-8-9-11-16(14)17(23)25/h8-12H,13H2,1-7H3,(H2,23,25)(H,24,26). The molecule has 1 fully saturated rings. The predicted molar refractivity (Wildman–Crippen MR) is 113 cm³/mol. The van der Waals surface area contributed by atoms with Crippen LogP contribution in [-0.2, 0) is 14.0 Å². The van der Waals surface area contributed by atoms with E-state index in [1.54, 1.807) is 51.1 Å². The van der Waals surface area contributed by atoms with Crippen LogP contribution in [-0.4, -0.2) is 42.5 Å². The first-order valence-corrected chi connectivity index (χ1v) is 9.64. The molecule has 0 radical (unpaired) electrons. The Hall–Kier alpha value is -2.32. The molecule has 158 valence electrons. The van der Waals surface area contributed by atoms with Gasteiger partial charge in [-0.15, -0.1) is 0 Å². The number of carbonyl (C=O) groups excluding carboxylic acids is 2. The molecule has 8 heteroatoms. The Kier molecular flexibility index (Phi) is 6.50. The summed E-state index contributed by atoms with van der Waals surface area (Å²) in [5.41, 5.74) is 5.42. The third-order valence-corrected chi connectivity index (χ3v) is 4.96. The maximum Gasteiger partial charge on any atom is 0.492 e. The maximum absolute atomic E-state index is 12.1. The number of hydrogen-bond acceptors (Lipinski definition) is 5. The zero-order valence-electron chi connectivity index (χ0n) is 18.3. The molecule has 1 aliphatic rings.